The Kier molecular flexibility index (Phi) is 16.5. The normalized spacial score (nSPS) is 13.0. The van der Waals surface area contributed by atoms with Gasteiger partial charge in [-0.2, -0.15) is 0 Å². The van der Waals surface area contributed by atoms with Gasteiger partial charge >= 0.3 is 0 Å². The van der Waals surface area contributed by atoms with E-state index in [9.17, 15) is 0 Å². The summed E-state index contributed by atoms with van der Waals surface area (Å²) in [5.74, 6) is 0. The molecule has 2 nitrogen and oxygen atoms in total. The van der Waals surface area contributed by atoms with Gasteiger partial charge in [0.1, 0.15) is 0 Å². The summed E-state index contributed by atoms with van der Waals surface area (Å²) in [5, 5.41) is 6.86. The smallest absolute Gasteiger partial charge is 0.0400 e. The van der Waals surface area contributed by atoms with Gasteiger partial charge in [-0.1, -0.05) is 227 Å². The van der Waals surface area contributed by atoms with Crippen molar-refractivity contribution < 1.29 is 0 Å². The molecule has 0 heterocycles. The molecule has 0 atom stereocenters. The maximum Gasteiger partial charge on any atom is 0.0400 e. The minimum absolute atomic E-state index is 0.706. The molecule has 63 heavy (non-hydrogen) atoms. The zero-order valence-corrected chi connectivity index (χ0v) is 37.3. The predicted molar refractivity (Wildman–Crippen MR) is 280 cm³/mol. The maximum atomic E-state index is 7.09. The van der Waals surface area contributed by atoms with Gasteiger partial charge in [0.15, 0.2) is 0 Å². The van der Waals surface area contributed by atoms with Crippen LogP contribution in [0.2, 0.25) is 0 Å². The van der Waals surface area contributed by atoms with Crippen molar-refractivity contribution in [2.45, 2.75) is 47.0 Å². The fourth-order valence-corrected chi connectivity index (χ4v) is 7.76. The van der Waals surface area contributed by atoms with Crippen molar-refractivity contribution in [1.82, 2.24) is 0 Å². The Hall–Kier alpha value is -7.42. The first kappa shape index (κ1) is 45.1. The van der Waals surface area contributed by atoms with Crippen molar-refractivity contribution in [3.8, 4) is 11.1 Å². The van der Waals surface area contributed by atoms with Gasteiger partial charge in [-0.05, 0) is 122 Å². The zero-order valence-electron chi connectivity index (χ0n) is 37.3. The highest BCUT2D eigenvalue weighted by Crippen LogP contribution is 2.41. The summed E-state index contributed by atoms with van der Waals surface area (Å²) in [7, 11) is 0. The first-order valence-corrected chi connectivity index (χ1v) is 22.2. The molecule has 7 rings (SSSR count). The van der Waals surface area contributed by atoms with Crippen molar-refractivity contribution in [2.24, 2.45) is 11.5 Å². The number of hydrogen-bond acceptors (Lipinski definition) is 2. The van der Waals surface area contributed by atoms with E-state index in [4.69, 9.17) is 11.5 Å². The lowest BCUT2D eigenvalue weighted by molar-refractivity contribution is 1.05. The van der Waals surface area contributed by atoms with Gasteiger partial charge in [-0.25, -0.2) is 0 Å². The van der Waals surface area contributed by atoms with Crippen LogP contribution in [-0.2, 0) is 0 Å². The van der Waals surface area contributed by atoms with E-state index in [1.165, 1.54) is 27.5 Å². The van der Waals surface area contributed by atoms with Crippen LogP contribution in [-0.4, -0.2) is 0 Å². The molecule has 7 aromatic rings. The number of fused-ring (bicyclic) bond motifs is 3. The number of hydrogen-bond donors (Lipinski definition) is 2. The van der Waals surface area contributed by atoms with Gasteiger partial charge in [0.05, 0.1) is 0 Å². The van der Waals surface area contributed by atoms with Crippen LogP contribution in [0.15, 0.2) is 231 Å². The fourth-order valence-electron chi connectivity index (χ4n) is 7.76. The van der Waals surface area contributed by atoms with Crippen molar-refractivity contribution in [1.29, 1.82) is 0 Å². The molecule has 314 valence electrons. The Morgan fingerprint density at radius 3 is 1.81 bits per heavy atom. The fraction of sp³-hybridized carbons (Fsp3) is 0.115. The average molecular weight is 821 g/mol. The van der Waals surface area contributed by atoms with Crippen molar-refractivity contribution in [3.63, 3.8) is 0 Å². The van der Waals surface area contributed by atoms with Crippen LogP contribution in [0.25, 0.3) is 66.0 Å². The lowest BCUT2D eigenvalue weighted by Crippen LogP contribution is -2.01. The third-order valence-electron chi connectivity index (χ3n) is 10.9. The van der Waals surface area contributed by atoms with E-state index >= 15 is 0 Å². The first-order valence-electron chi connectivity index (χ1n) is 22.2. The Morgan fingerprint density at radius 2 is 1.08 bits per heavy atom. The van der Waals surface area contributed by atoms with Gasteiger partial charge in [0.2, 0.25) is 0 Å². The number of allylic oxidation sites excluding steroid dienone is 15. The molecule has 0 aliphatic heterocycles. The largest absolute Gasteiger partial charge is 0.398 e. The minimum Gasteiger partial charge on any atom is -0.398 e. The van der Waals surface area contributed by atoms with Crippen LogP contribution in [0.4, 0.5) is 0 Å². The topological polar surface area (TPSA) is 52.0 Å². The van der Waals surface area contributed by atoms with E-state index in [2.05, 4.69) is 190 Å². The molecule has 0 aliphatic carbocycles. The summed E-state index contributed by atoms with van der Waals surface area (Å²) in [6.45, 7) is 12.9. The summed E-state index contributed by atoms with van der Waals surface area (Å²) in [6, 6.07) is 51.1. The second kappa shape index (κ2) is 23.0. The third kappa shape index (κ3) is 11.7. The van der Waals surface area contributed by atoms with E-state index in [0.717, 1.165) is 79.9 Å². The van der Waals surface area contributed by atoms with E-state index in [1.807, 2.05) is 62.4 Å². The van der Waals surface area contributed by atoms with Crippen molar-refractivity contribution in [3.05, 3.63) is 253 Å². The Bertz CT molecular complexity index is 2910. The molecule has 0 radical (unpaired) electrons. The SMILES string of the molecule is C=C(/C=C\CC/C=C\C=C(/N)c1ccccc1)c1c2ccccc2c(/C(N)=C/C=C/C(C)=C/C=C\C(=C\CC)c2ccccc2)c2ccc(-c3ccc4ccccc4c3)cc12.CC. The molecule has 0 saturated carbocycles. The van der Waals surface area contributed by atoms with Crippen LogP contribution in [0.5, 0.6) is 0 Å². The van der Waals surface area contributed by atoms with Gasteiger partial charge < -0.3 is 11.5 Å². The molecule has 0 unspecified atom stereocenters. The van der Waals surface area contributed by atoms with Crippen LogP contribution >= 0.6 is 0 Å². The number of unbranched alkanes of at least 4 members (excludes halogenated alkanes) is 1. The monoisotopic (exact) mass is 820 g/mol. The van der Waals surface area contributed by atoms with Crippen LogP contribution < -0.4 is 11.5 Å². The maximum absolute atomic E-state index is 7.09. The quantitative estimate of drug-likeness (QED) is 0.0615. The molecule has 0 aliphatic rings. The molecule has 7 aromatic carbocycles. The zero-order chi connectivity index (χ0) is 44.4. The second-order valence-electron chi connectivity index (χ2n) is 15.2. The lowest BCUT2D eigenvalue weighted by Gasteiger charge is -2.19. The Labute approximate surface area is 375 Å². The lowest BCUT2D eigenvalue weighted by atomic mass is 9.86. The second-order valence-corrected chi connectivity index (χ2v) is 15.2. The number of benzene rings is 7. The number of rotatable bonds is 15. The number of nitrogens with two attached hydrogens (primary N) is 2. The Morgan fingerprint density at radius 1 is 0.508 bits per heavy atom. The summed E-state index contributed by atoms with van der Waals surface area (Å²) >= 11 is 0. The standard InChI is InChI=1S/C59H54N2.C2H6/c1-4-22-45(46-26-11-8-12-27-46)32-20-23-43(2)24-21-36-57(61)59-53-34-19-18-33-52(53)58(44(3)25-10-6-5-7-15-35-56(60)48-29-13-9-14-30-48)55-42-51(39-40-54(55)59)50-38-37-47-28-16-17-31-49(47)41-50;1-2/h7-42H,3-6,60-61H2,1-2H3;1-2H3/b15-7-,24-21+,25-10-,32-20-,43-23+,45-22-,56-35-,57-36-;. The molecule has 0 fully saturated rings. The molecule has 0 spiro atoms. The molecule has 2 heteroatoms. The summed E-state index contributed by atoms with van der Waals surface area (Å²) in [4.78, 5) is 0. The highest BCUT2D eigenvalue weighted by atomic mass is 14.6. The molecule has 0 bridgehead atoms. The van der Waals surface area contributed by atoms with Crippen LogP contribution in [0.3, 0.4) is 0 Å². The average Bonchev–Trinajstić information content (AvgIpc) is 3.33. The first-order chi connectivity index (χ1) is 30.9. The van der Waals surface area contributed by atoms with E-state index in [-0.39, 0.29) is 0 Å². The molecule has 4 N–H and O–H groups in total. The summed E-state index contributed by atoms with van der Waals surface area (Å²) in [6.07, 6.45) is 28.1. The molecular weight excluding hydrogens is 761 g/mol. The van der Waals surface area contributed by atoms with E-state index < -0.39 is 0 Å². The molecule has 0 aromatic heterocycles. The van der Waals surface area contributed by atoms with Crippen LogP contribution in [0.1, 0.15) is 69.2 Å². The predicted octanol–water partition coefficient (Wildman–Crippen LogP) is 16.6. The molecule has 0 amide bonds. The van der Waals surface area contributed by atoms with E-state index in [1.54, 1.807) is 0 Å². The minimum atomic E-state index is 0.706. The van der Waals surface area contributed by atoms with Gasteiger partial charge in [0, 0.05) is 17.0 Å². The third-order valence-corrected chi connectivity index (χ3v) is 10.9. The summed E-state index contributed by atoms with van der Waals surface area (Å²) < 4.78 is 0. The van der Waals surface area contributed by atoms with Gasteiger partial charge in [0.25, 0.3) is 0 Å². The molecule has 0 saturated heterocycles. The summed E-state index contributed by atoms with van der Waals surface area (Å²) in [5.41, 5.74) is 24.8. The van der Waals surface area contributed by atoms with Gasteiger partial charge in [-0.15, -0.1) is 0 Å². The molecular formula is C61H60N2. The highest BCUT2D eigenvalue weighted by molar-refractivity contribution is 6.17. The van der Waals surface area contributed by atoms with E-state index in [0.29, 0.717) is 5.70 Å². The van der Waals surface area contributed by atoms with Crippen molar-refractivity contribution in [2.75, 3.05) is 0 Å². The van der Waals surface area contributed by atoms with Crippen LogP contribution in [0, 0.1) is 0 Å². The Balaban J connectivity index is 0.00000326. The van der Waals surface area contributed by atoms with Crippen molar-refractivity contribution >= 4 is 54.9 Å². The highest BCUT2D eigenvalue weighted by Gasteiger charge is 2.17. The van der Waals surface area contributed by atoms with Gasteiger partial charge in [-0.3, -0.25) is 0 Å².